The smallest absolute Gasteiger partial charge is 0.337 e. The lowest BCUT2D eigenvalue weighted by Gasteiger charge is -2.32. The molecule has 1 fully saturated rings. The van der Waals surface area contributed by atoms with Crippen molar-refractivity contribution in [2.45, 2.75) is 13.8 Å². The predicted molar refractivity (Wildman–Crippen MR) is 81.0 cm³/mol. The van der Waals surface area contributed by atoms with Crippen LogP contribution in [0.1, 0.15) is 21.5 Å². The fourth-order valence-electron chi connectivity index (χ4n) is 2.50. The third-order valence-corrected chi connectivity index (χ3v) is 3.73. The highest BCUT2D eigenvalue weighted by atomic mass is 16.4. The molecule has 0 aromatic heterocycles. The highest BCUT2D eigenvalue weighted by molar-refractivity contribution is 6.01. The molecule has 0 atom stereocenters. The fourth-order valence-corrected chi connectivity index (χ4v) is 2.50. The van der Waals surface area contributed by atoms with Gasteiger partial charge in [-0.05, 0) is 38.1 Å². The number of hydrogen-bond acceptors (Lipinski definition) is 3. The number of carboxylic acids is 1. The van der Waals surface area contributed by atoms with E-state index in [9.17, 15) is 14.7 Å². The number of carbonyl (C=O) groups excluding carboxylic acids is 1. The molecule has 6 heteroatoms. The number of nitrogens with zero attached hydrogens (tertiary/aromatic N) is 2. The van der Waals surface area contributed by atoms with Crippen LogP contribution in [0.5, 0.6) is 0 Å². The van der Waals surface area contributed by atoms with E-state index in [1.54, 1.807) is 17.9 Å². The maximum absolute atomic E-state index is 12.3. The topological polar surface area (TPSA) is 72.9 Å². The molecule has 1 saturated heterocycles. The van der Waals surface area contributed by atoms with Gasteiger partial charge in [0.1, 0.15) is 0 Å². The zero-order valence-corrected chi connectivity index (χ0v) is 12.6. The van der Waals surface area contributed by atoms with E-state index in [4.69, 9.17) is 0 Å². The number of carbonyl (C=O) groups is 2. The second kappa shape index (κ2) is 6.13. The molecule has 1 aromatic carbocycles. The summed E-state index contributed by atoms with van der Waals surface area (Å²) in [5.41, 5.74) is 2.14. The number of rotatable bonds is 2. The van der Waals surface area contributed by atoms with Crippen molar-refractivity contribution >= 4 is 17.7 Å². The lowest BCUT2D eigenvalue weighted by molar-refractivity contribution is 0.0698. The summed E-state index contributed by atoms with van der Waals surface area (Å²) in [6.45, 7) is 6.59. The Morgan fingerprint density at radius 1 is 1.14 bits per heavy atom. The first-order valence-corrected chi connectivity index (χ1v) is 6.97. The summed E-state index contributed by atoms with van der Waals surface area (Å²) in [5, 5.41) is 12.1. The van der Waals surface area contributed by atoms with Crippen molar-refractivity contribution in [1.29, 1.82) is 0 Å². The number of anilines is 1. The Balaban J connectivity index is 2.19. The summed E-state index contributed by atoms with van der Waals surface area (Å²) in [6.07, 6.45) is 0. The molecule has 0 spiro atoms. The highest BCUT2D eigenvalue weighted by Crippen LogP contribution is 2.23. The number of hydrogen-bond donors (Lipinski definition) is 2. The van der Waals surface area contributed by atoms with Crippen molar-refractivity contribution in [3.8, 4) is 0 Å². The second-order valence-electron chi connectivity index (χ2n) is 5.53. The van der Waals surface area contributed by atoms with Crippen LogP contribution in [0.3, 0.4) is 0 Å². The van der Waals surface area contributed by atoms with E-state index < -0.39 is 5.97 Å². The highest BCUT2D eigenvalue weighted by Gasteiger charge is 2.22. The molecule has 0 aliphatic carbocycles. The van der Waals surface area contributed by atoms with Crippen LogP contribution in [0.2, 0.25) is 0 Å². The molecule has 0 saturated carbocycles. The van der Waals surface area contributed by atoms with E-state index in [-0.39, 0.29) is 11.6 Å². The van der Waals surface area contributed by atoms with Crippen LogP contribution in [-0.2, 0) is 0 Å². The van der Waals surface area contributed by atoms with Crippen molar-refractivity contribution in [3.63, 3.8) is 0 Å². The molecule has 2 amide bonds. The van der Waals surface area contributed by atoms with Gasteiger partial charge in [0.25, 0.3) is 0 Å². The van der Waals surface area contributed by atoms with Crippen LogP contribution in [0, 0.1) is 13.8 Å². The quantitative estimate of drug-likeness (QED) is 0.871. The molecule has 21 heavy (non-hydrogen) atoms. The maximum Gasteiger partial charge on any atom is 0.337 e. The van der Waals surface area contributed by atoms with E-state index in [1.807, 2.05) is 20.0 Å². The fraction of sp³-hybridized carbons (Fsp3) is 0.467. The van der Waals surface area contributed by atoms with Gasteiger partial charge < -0.3 is 20.2 Å². The van der Waals surface area contributed by atoms with Crippen LogP contribution in [0.25, 0.3) is 0 Å². The van der Waals surface area contributed by atoms with Gasteiger partial charge in [0, 0.05) is 26.2 Å². The number of aromatic carboxylic acids is 1. The first-order chi connectivity index (χ1) is 9.88. The Labute approximate surface area is 124 Å². The molecule has 1 heterocycles. The molecule has 6 nitrogen and oxygen atoms in total. The van der Waals surface area contributed by atoms with Crippen molar-refractivity contribution in [1.82, 2.24) is 9.80 Å². The van der Waals surface area contributed by atoms with Crippen molar-refractivity contribution in [2.75, 3.05) is 38.5 Å². The molecule has 0 bridgehead atoms. The van der Waals surface area contributed by atoms with E-state index in [2.05, 4.69) is 10.2 Å². The van der Waals surface area contributed by atoms with Gasteiger partial charge in [-0.1, -0.05) is 6.07 Å². The lowest BCUT2D eigenvalue weighted by Crippen LogP contribution is -2.48. The zero-order chi connectivity index (χ0) is 15.6. The minimum atomic E-state index is -1.03. The van der Waals surface area contributed by atoms with Gasteiger partial charge in [-0.3, -0.25) is 0 Å². The van der Waals surface area contributed by atoms with E-state index >= 15 is 0 Å². The normalized spacial score (nSPS) is 15.9. The first kappa shape index (κ1) is 15.3. The van der Waals surface area contributed by atoms with Gasteiger partial charge >= 0.3 is 12.0 Å². The molecule has 1 aliphatic rings. The molecule has 2 rings (SSSR count). The number of piperazine rings is 1. The lowest BCUT2D eigenvalue weighted by atomic mass is 10.0. The van der Waals surface area contributed by atoms with Gasteiger partial charge in [-0.15, -0.1) is 0 Å². The minimum absolute atomic E-state index is 0.134. The number of amides is 2. The minimum Gasteiger partial charge on any atom is -0.478 e. The summed E-state index contributed by atoms with van der Waals surface area (Å²) >= 11 is 0. The Hall–Kier alpha value is -2.08. The van der Waals surface area contributed by atoms with Crippen LogP contribution in [0.15, 0.2) is 12.1 Å². The SMILES string of the molecule is Cc1cc(C)c(NC(=O)N2CCN(C)CC2)c(C(=O)O)c1. The van der Waals surface area contributed by atoms with E-state index in [1.165, 1.54) is 0 Å². The molecule has 1 aromatic rings. The number of likely N-dealkylation sites (N-methyl/N-ethyl adjacent to an activating group) is 1. The average molecular weight is 291 g/mol. The number of urea groups is 1. The Morgan fingerprint density at radius 3 is 2.33 bits per heavy atom. The molecule has 1 aliphatic heterocycles. The van der Waals surface area contributed by atoms with E-state index in [0.717, 1.165) is 24.2 Å². The molecular formula is C15H21N3O3. The number of benzene rings is 1. The standard InChI is InChI=1S/C15H21N3O3/c1-10-8-11(2)13(12(9-10)14(19)20)16-15(21)18-6-4-17(3)5-7-18/h8-9H,4-7H2,1-3H3,(H,16,21)(H,19,20). The van der Waals surface area contributed by atoms with Gasteiger partial charge in [0.15, 0.2) is 0 Å². The summed E-state index contributed by atoms with van der Waals surface area (Å²) < 4.78 is 0. The van der Waals surface area contributed by atoms with Crippen LogP contribution >= 0.6 is 0 Å². The van der Waals surface area contributed by atoms with Crippen LogP contribution < -0.4 is 5.32 Å². The average Bonchev–Trinajstić information content (AvgIpc) is 2.41. The number of aryl methyl sites for hydroxylation is 2. The third-order valence-electron chi connectivity index (χ3n) is 3.73. The number of nitrogens with one attached hydrogen (secondary N) is 1. The Morgan fingerprint density at radius 2 is 1.76 bits per heavy atom. The summed E-state index contributed by atoms with van der Waals surface area (Å²) in [6, 6.07) is 3.21. The van der Waals surface area contributed by atoms with Crippen molar-refractivity contribution in [3.05, 3.63) is 28.8 Å². The maximum atomic E-state index is 12.3. The van der Waals surface area contributed by atoms with Gasteiger partial charge in [0.2, 0.25) is 0 Å². The van der Waals surface area contributed by atoms with Gasteiger partial charge in [0.05, 0.1) is 11.3 Å². The molecule has 0 unspecified atom stereocenters. The molecular weight excluding hydrogens is 270 g/mol. The monoisotopic (exact) mass is 291 g/mol. The third kappa shape index (κ3) is 3.52. The Bertz CT molecular complexity index is 564. The van der Waals surface area contributed by atoms with Gasteiger partial charge in [-0.25, -0.2) is 9.59 Å². The van der Waals surface area contributed by atoms with Crippen molar-refractivity contribution in [2.24, 2.45) is 0 Å². The molecule has 2 N–H and O–H groups in total. The predicted octanol–water partition coefficient (Wildman–Crippen LogP) is 1.78. The second-order valence-corrected chi connectivity index (χ2v) is 5.53. The summed E-state index contributed by atoms with van der Waals surface area (Å²) in [7, 11) is 2.02. The van der Waals surface area contributed by atoms with Crippen LogP contribution in [0.4, 0.5) is 10.5 Å². The first-order valence-electron chi connectivity index (χ1n) is 6.97. The molecule has 114 valence electrons. The molecule has 0 radical (unpaired) electrons. The zero-order valence-electron chi connectivity index (χ0n) is 12.6. The van der Waals surface area contributed by atoms with E-state index in [0.29, 0.717) is 18.8 Å². The summed E-state index contributed by atoms with van der Waals surface area (Å²) in [4.78, 5) is 27.5. The van der Waals surface area contributed by atoms with Crippen molar-refractivity contribution < 1.29 is 14.7 Å². The Kier molecular flexibility index (Phi) is 4.47. The number of carboxylic acid groups (broad SMARTS) is 1. The largest absolute Gasteiger partial charge is 0.478 e. The van der Waals surface area contributed by atoms with Gasteiger partial charge in [-0.2, -0.15) is 0 Å². The van der Waals surface area contributed by atoms with Crippen LogP contribution in [-0.4, -0.2) is 60.1 Å². The summed E-state index contributed by atoms with van der Waals surface area (Å²) in [5.74, 6) is -1.03.